The molecule has 4 bridgehead atoms. The lowest BCUT2D eigenvalue weighted by atomic mass is 9.53. The number of carbonyl (C=O) groups is 2. The van der Waals surface area contributed by atoms with Gasteiger partial charge in [0.15, 0.2) is 0 Å². The van der Waals surface area contributed by atoms with Gasteiger partial charge in [-0.05, 0) is 116 Å². The number of fused-ring (bicyclic) bond motifs is 1. The molecule has 0 spiro atoms. The van der Waals surface area contributed by atoms with Crippen LogP contribution in [-0.2, 0) is 29.0 Å². The largest absolute Gasteiger partial charge is 0.508 e. The van der Waals surface area contributed by atoms with Crippen LogP contribution in [0.3, 0.4) is 0 Å². The minimum Gasteiger partial charge on any atom is -0.508 e. The number of hydrogen-bond donors (Lipinski definition) is 3. The van der Waals surface area contributed by atoms with Gasteiger partial charge in [0.25, 0.3) is 0 Å². The Bertz CT molecular complexity index is 1180. The summed E-state index contributed by atoms with van der Waals surface area (Å²) in [4.78, 5) is 29.5. The summed E-state index contributed by atoms with van der Waals surface area (Å²) in [7, 11) is 0. The van der Waals surface area contributed by atoms with E-state index in [1.54, 1.807) is 17.0 Å². The minimum atomic E-state index is -0.762. The fourth-order valence-electron chi connectivity index (χ4n) is 8.41. The SMILES string of the molecule is Cc1cc(O)cc(C)c1C[C@H](N)C(=O)N1Cc2ccccc2C[C@@H]1C(=O)NC12CC3CC(CC(C3)C1)C2. The lowest BCUT2D eigenvalue weighted by molar-refractivity contribution is -0.145. The van der Waals surface area contributed by atoms with E-state index in [1.807, 2.05) is 32.0 Å². The number of aromatic hydroxyl groups is 1. The number of nitrogens with two attached hydrogens (primary N) is 1. The van der Waals surface area contributed by atoms with Gasteiger partial charge < -0.3 is 21.1 Å². The monoisotopic (exact) mass is 501 g/mol. The van der Waals surface area contributed by atoms with Crippen molar-refractivity contribution in [1.29, 1.82) is 0 Å². The maximum Gasteiger partial charge on any atom is 0.243 e. The summed E-state index contributed by atoms with van der Waals surface area (Å²) >= 11 is 0. The third-order valence-corrected chi connectivity index (χ3v) is 9.68. The van der Waals surface area contributed by atoms with Gasteiger partial charge in [0.05, 0.1) is 6.04 Å². The third kappa shape index (κ3) is 4.54. The summed E-state index contributed by atoms with van der Waals surface area (Å²) in [6, 6.07) is 10.2. The van der Waals surface area contributed by atoms with Crippen LogP contribution in [-0.4, -0.2) is 39.4 Å². The van der Waals surface area contributed by atoms with Gasteiger partial charge in [0.1, 0.15) is 11.8 Å². The fourth-order valence-corrected chi connectivity index (χ4v) is 8.41. The standard InChI is InChI=1S/C31H39N3O3/c1-18-7-25(35)8-19(2)26(18)13-27(32)30(37)34-17-24-6-4-3-5-23(24)12-28(34)29(36)33-31-14-20-9-21(15-31)11-22(10-20)16-31/h3-8,20-22,27-28,35H,9-17,32H2,1-2H3,(H,33,36)/t20?,21?,22?,27-,28+,31?/m0/s1. The van der Waals surface area contributed by atoms with Crippen LogP contribution in [0.5, 0.6) is 5.75 Å². The average molecular weight is 502 g/mol. The van der Waals surface area contributed by atoms with Crippen molar-refractivity contribution >= 4 is 11.8 Å². The number of nitrogens with one attached hydrogen (secondary N) is 1. The number of rotatable bonds is 5. The number of phenols is 1. The molecule has 4 fully saturated rings. The molecule has 37 heavy (non-hydrogen) atoms. The molecule has 2 atom stereocenters. The van der Waals surface area contributed by atoms with Crippen molar-refractivity contribution < 1.29 is 14.7 Å². The summed E-state index contributed by atoms with van der Waals surface area (Å²) in [6.07, 6.45) is 8.11. The Morgan fingerprint density at radius 3 is 2.19 bits per heavy atom. The fraction of sp³-hybridized carbons (Fsp3) is 0.548. The molecule has 2 aromatic carbocycles. The highest BCUT2D eigenvalue weighted by Gasteiger charge is 2.52. The van der Waals surface area contributed by atoms with Crippen LogP contribution in [0.1, 0.15) is 66.3 Å². The van der Waals surface area contributed by atoms with Gasteiger partial charge >= 0.3 is 0 Å². The normalized spacial score (nSPS) is 30.6. The molecule has 1 heterocycles. The Balaban J connectivity index is 1.25. The first kappa shape index (κ1) is 24.5. The van der Waals surface area contributed by atoms with Crippen LogP contribution >= 0.6 is 0 Å². The first-order valence-corrected chi connectivity index (χ1v) is 13.9. The van der Waals surface area contributed by atoms with Gasteiger partial charge in [-0.2, -0.15) is 0 Å². The van der Waals surface area contributed by atoms with E-state index in [2.05, 4.69) is 11.4 Å². The highest BCUT2D eigenvalue weighted by Crippen LogP contribution is 2.55. The molecule has 2 amide bonds. The Kier molecular flexibility index (Phi) is 6.06. The van der Waals surface area contributed by atoms with Crippen LogP contribution in [0.25, 0.3) is 0 Å². The predicted octanol–water partition coefficient (Wildman–Crippen LogP) is 3.92. The van der Waals surface area contributed by atoms with Crippen molar-refractivity contribution in [2.24, 2.45) is 23.5 Å². The van der Waals surface area contributed by atoms with Gasteiger partial charge in [0.2, 0.25) is 11.8 Å². The molecule has 4 saturated carbocycles. The maximum atomic E-state index is 14.0. The Morgan fingerprint density at radius 1 is 1.03 bits per heavy atom. The highest BCUT2D eigenvalue weighted by atomic mass is 16.3. The van der Waals surface area contributed by atoms with E-state index < -0.39 is 12.1 Å². The van der Waals surface area contributed by atoms with Gasteiger partial charge in [-0.3, -0.25) is 9.59 Å². The molecule has 7 rings (SSSR count). The molecule has 0 radical (unpaired) electrons. The van der Waals surface area contributed by atoms with Crippen LogP contribution in [0, 0.1) is 31.6 Å². The van der Waals surface area contributed by atoms with Crippen LogP contribution in [0.15, 0.2) is 36.4 Å². The molecule has 0 aromatic heterocycles. The van der Waals surface area contributed by atoms with E-state index in [0.717, 1.165) is 64.8 Å². The van der Waals surface area contributed by atoms with Crippen LogP contribution in [0.2, 0.25) is 0 Å². The van der Waals surface area contributed by atoms with Crippen LogP contribution in [0.4, 0.5) is 0 Å². The lowest BCUT2D eigenvalue weighted by Crippen LogP contribution is -2.64. The topological polar surface area (TPSA) is 95.7 Å². The summed E-state index contributed by atoms with van der Waals surface area (Å²) < 4.78 is 0. The Labute approximate surface area is 219 Å². The van der Waals surface area contributed by atoms with E-state index >= 15 is 0 Å². The lowest BCUT2D eigenvalue weighted by Gasteiger charge is -2.57. The molecule has 4 aliphatic carbocycles. The zero-order valence-corrected chi connectivity index (χ0v) is 22.0. The molecule has 0 unspecified atom stereocenters. The zero-order valence-electron chi connectivity index (χ0n) is 22.0. The molecule has 2 aromatic rings. The van der Waals surface area contributed by atoms with Crippen molar-refractivity contribution in [2.45, 2.75) is 89.4 Å². The number of phenolic OH excluding ortho intramolecular Hbond substituents is 1. The highest BCUT2D eigenvalue weighted by molar-refractivity contribution is 5.91. The maximum absolute atomic E-state index is 14.0. The molecule has 4 N–H and O–H groups in total. The first-order valence-electron chi connectivity index (χ1n) is 13.9. The number of benzene rings is 2. The van der Waals surface area contributed by atoms with Crippen molar-refractivity contribution in [3.8, 4) is 5.75 Å². The number of carbonyl (C=O) groups excluding carboxylic acids is 2. The number of nitrogens with zero attached hydrogens (tertiary/aromatic N) is 1. The quantitative estimate of drug-likeness (QED) is 0.579. The predicted molar refractivity (Wildman–Crippen MR) is 143 cm³/mol. The molecule has 5 aliphatic rings. The zero-order chi connectivity index (χ0) is 25.9. The molecule has 1 aliphatic heterocycles. The second-order valence-electron chi connectivity index (χ2n) is 12.5. The summed E-state index contributed by atoms with van der Waals surface area (Å²) in [5.41, 5.74) is 11.5. The van der Waals surface area contributed by atoms with Crippen molar-refractivity contribution in [3.63, 3.8) is 0 Å². The second kappa shape index (κ2) is 9.16. The van der Waals surface area contributed by atoms with E-state index in [9.17, 15) is 14.7 Å². The van der Waals surface area contributed by atoms with Gasteiger partial charge in [-0.25, -0.2) is 0 Å². The molecular weight excluding hydrogens is 462 g/mol. The first-order chi connectivity index (χ1) is 17.7. The minimum absolute atomic E-state index is 0.0194. The Hall–Kier alpha value is -2.86. The number of amides is 2. The van der Waals surface area contributed by atoms with E-state index in [-0.39, 0.29) is 23.1 Å². The van der Waals surface area contributed by atoms with Crippen molar-refractivity contribution in [2.75, 3.05) is 0 Å². The summed E-state index contributed by atoms with van der Waals surface area (Å²) in [5.74, 6) is 2.22. The number of aryl methyl sites for hydroxylation is 2. The molecule has 0 saturated heterocycles. The second-order valence-corrected chi connectivity index (χ2v) is 12.5. The average Bonchev–Trinajstić information content (AvgIpc) is 2.83. The van der Waals surface area contributed by atoms with Crippen molar-refractivity contribution in [3.05, 3.63) is 64.2 Å². The van der Waals surface area contributed by atoms with E-state index in [0.29, 0.717) is 19.4 Å². The van der Waals surface area contributed by atoms with Crippen LogP contribution < -0.4 is 11.1 Å². The third-order valence-electron chi connectivity index (χ3n) is 9.68. The van der Waals surface area contributed by atoms with Gasteiger partial charge in [-0.15, -0.1) is 0 Å². The summed E-state index contributed by atoms with van der Waals surface area (Å²) in [5, 5.41) is 13.4. The van der Waals surface area contributed by atoms with E-state index in [4.69, 9.17) is 5.73 Å². The van der Waals surface area contributed by atoms with E-state index in [1.165, 1.54) is 19.3 Å². The van der Waals surface area contributed by atoms with Gasteiger partial charge in [-0.1, -0.05) is 24.3 Å². The Morgan fingerprint density at radius 2 is 1.59 bits per heavy atom. The number of hydrogen-bond acceptors (Lipinski definition) is 4. The molecule has 196 valence electrons. The molecular formula is C31H39N3O3. The van der Waals surface area contributed by atoms with Gasteiger partial charge in [0, 0.05) is 18.5 Å². The summed E-state index contributed by atoms with van der Waals surface area (Å²) in [6.45, 7) is 4.26. The smallest absolute Gasteiger partial charge is 0.243 e. The molecule has 6 nitrogen and oxygen atoms in total. The van der Waals surface area contributed by atoms with Crippen molar-refractivity contribution in [1.82, 2.24) is 10.2 Å². The molecule has 6 heteroatoms.